The summed E-state index contributed by atoms with van der Waals surface area (Å²) < 4.78 is 10.7. The fourth-order valence-electron chi connectivity index (χ4n) is 1.41. The van der Waals surface area contributed by atoms with Crippen LogP contribution in [0.1, 0.15) is 46.0 Å². The number of hydrogen-bond donors (Lipinski definition) is 0. The van der Waals surface area contributed by atoms with Crippen molar-refractivity contribution >= 4 is 0 Å². The summed E-state index contributed by atoms with van der Waals surface area (Å²) in [7, 11) is 0. The summed E-state index contributed by atoms with van der Waals surface area (Å²) in [6.07, 6.45) is 7.40. The summed E-state index contributed by atoms with van der Waals surface area (Å²) >= 11 is 0. The van der Waals surface area contributed by atoms with Crippen molar-refractivity contribution < 1.29 is 9.47 Å². The molecule has 0 spiro atoms. The highest BCUT2D eigenvalue weighted by atomic mass is 16.6. The van der Waals surface area contributed by atoms with Gasteiger partial charge in [0.25, 0.3) is 0 Å². The van der Waals surface area contributed by atoms with E-state index in [0.29, 0.717) is 12.2 Å². The van der Waals surface area contributed by atoms with Gasteiger partial charge in [-0.1, -0.05) is 32.6 Å². The van der Waals surface area contributed by atoms with Crippen molar-refractivity contribution in [3.63, 3.8) is 0 Å². The SMILES string of the molecule is CCCCCCCOCC1OC1C. The van der Waals surface area contributed by atoms with Crippen molar-refractivity contribution in [1.82, 2.24) is 0 Å². The van der Waals surface area contributed by atoms with Gasteiger partial charge in [0.1, 0.15) is 6.10 Å². The number of hydrogen-bond acceptors (Lipinski definition) is 2. The Balaban J connectivity index is 1.69. The van der Waals surface area contributed by atoms with E-state index < -0.39 is 0 Å². The van der Waals surface area contributed by atoms with Gasteiger partial charge in [-0.2, -0.15) is 0 Å². The minimum absolute atomic E-state index is 0.399. The van der Waals surface area contributed by atoms with Gasteiger partial charge in [-0.15, -0.1) is 0 Å². The van der Waals surface area contributed by atoms with Gasteiger partial charge < -0.3 is 9.47 Å². The van der Waals surface area contributed by atoms with Crippen molar-refractivity contribution in [2.24, 2.45) is 0 Å². The molecule has 0 radical (unpaired) electrons. The molecular weight excluding hydrogens is 164 g/mol. The summed E-state index contributed by atoms with van der Waals surface area (Å²) in [5.41, 5.74) is 0. The van der Waals surface area contributed by atoms with Crippen molar-refractivity contribution in [2.75, 3.05) is 13.2 Å². The number of ether oxygens (including phenoxy) is 2. The smallest absolute Gasteiger partial charge is 0.107 e. The first-order valence-corrected chi connectivity index (χ1v) is 5.57. The predicted molar refractivity (Wildman–Crippen MR) is 53.9 cm³/mol. The molecule has 1 fully saturated rings. The van der Waals surface area contributed by atoms with Crippen LogP contribution in [0.4, 0.5) is 0 Å². The molecule has 1 aliphatic rings. The Hall–Kier alpha value is -0.0800. The summed E-state index contributed by atoms with van der Waals surface area (Å²) in [4.78, 5) is 0. The van der Waals surface area contributed by atoms with E-state index >= 15 is 0 Å². The summed E-state index contributed by atoms with van der Waals surface area (Å²) in [6, 6.07) is 0. The van der Waals surface area contributed by atoms with E-state index in [1.165, 1.54) is 32.1 Å². The zero-order valence-corrected chi connectivity index (χ0v) is 8.92. The van der Waals surface area contributed by atoms with Crippen LogP contribution in [0, 0.1) is 0 Å². The maximum Gasteiger partial charge on any atom is 0.107 e. The van der Waals surface area contributed by atoms with E-state index in [2.05, 4.69) is 13.8 Å². The topological polar surface area (TPSA) is 21.8 Å². The van der Waals surface area contributed by atoms with Gasteiger partial charge >= 0.3 is 0 Å². The average Bonchev–Trinajstić information content (AvgIpc) is 2.81. The molecule has 0 aromatic heterocycles. The highest BCUT2D eigenvalue weighted by Gasteiger charge is 2.33. The first-order chi connectivity index (χ1) is 6.34. The van der Waals surface area contributed by atoms with Crippen LogP contribution in [0.25, 0.3) is 0 Å². The molecule has 0 bridgehead atoms. The molecule has 0 aromatic carbocycles. The lowest BCUT2D eigenvalue weighted by molar-refractivity contribution is 0.113. The second-order valence-corrected chi connectivity index (χ2v) is 3.87. The molecule has 0 N–H and O–H groups in total. The van der Waals surface area contributed by atoms with Crippen molar-refractivity contribution in [3.05, 3.63) is 0 Å². The molecule has 1 aliphatic heterocycles. The van der Waals surface area contributed by atoms with Crippen LogP contribution in [-0.4, -0.2) is 25.4 Å². The van der Waals surface area contributed by atoms with Gasteiger partial charge in [0.2, 0.25) is 0 Å². The van der Waals surface area contributed by atoms with Gasteiger partial charge in [0, 0.05) is 6.61 Å². The molecule has 1 rings (SSSR count). The molecule has 2 unspecified atom stereocenters. The van der Waals surface area contributed by atoms with Crippen LogP contribution >= 0.6 is 0 Å². The van der Waals surface area contributed by atoms with Gasteiger partial charge in [-0.05, 0) is 13.3 Å². The lowest BCUT2D eigenvalue weighted by atomic mass is 10.2. The molecule has 13 heavy (non-hydrogen) atoms. The third-order valence-electron chi connectivity index (χ3n) is 2.51. The average molecular weight is 186 g/mol. The third kappa shape index (κ3) is 5.27. The Morgan fingerprint density at radius 2 is 1.85 bits per heavy atom. The maximum absolute atomic E-state index is 5.48. The molecule has 0 amide bonds. The van der Waals surface area contributed by atoms with Crippen molar-refractivity contribution in [2.45, 2.75) is 58.2 Å². The van der Waals surface area contributed by atoms with E-state index in [4.69, 9.17) is 9.47 Å². The molecular formula is C11H22O2. The van der Waals surface area contributed by atoms with E-state index in [1.54, 1.807) is 0 Å². The minimum atomic E-state index is 0.399. The molecule has 0 saturated carbocycles. The first kappa shape index (κ1) is 11.0. The largest absolute Gasteiger partial charge is 0.379 e. The van der Waals surface area contributed by atoms with Crippen LogP contribution in [0.2, 0.25) is 0 Å². The van der Waals surface area contributed by atoms with Crippen LogP contribution in [-0.2, 0) is 9.47 Å². The maximum atomic E-state index is 5.48. The second-order valence-electron chi connectivity index (χ2n) is 3.87. The Labute approximate surface area is 81.6 Å². The zero-order valence-electron chi connectivity index (χ0n) is 8.92. The van der Waals surface area contributed by atoms with Crippen LogP contribution in [0.3, 0.4) is 0 Å². The van der Waals surface area contributed by atoms with Crippen LogP contribution < -0.4 is 0 Å². The first-order valence-electron chi connectivity index (χ1n) is 5.57. The molecule has 78 valence electrons. The predicted octanol–water partition coefficient (Wildman–Crippen LogP) is 2.76. The molecule has 2 atom stereocenters. The van der Waals surface area contributed by atoms with Crippen molar-refractivity contribution in [1.29, 1.82) is 0 Å². The number of unbranched alkanes of at least 4 members (excludes halogenated alkanes) is 4. The normalized spacial score (nSPS) is 26.3. The van der Waals surface area contributed by atoms with Crippen LogP contribution in [0.15, 0.2) is 0 Å². The Morgan fingerprint density at radius 3 is 2.46 bits per heavy atom. The lowest BCUT2D eigenvalue weighted by Gasteiger charge is -2.01. The summed E-state index contributed by atoms with van der Waals surface area (Å²) in [5, 5.41) is 0. The fourth-order valence-corrected chi connectivity index (χ4v) is 1.41. The van der Waals surface area contributed by atoms with Gasteiger partial charge in [0.15, 0.2) is 0 Å². The van der Waals surface area contributed by atoms with E-state index in [0.717, 1.165) is 13.2 Å². The number of epoxide rings is 1. The third-order valence-corrected chi connectivity index (χ3v) is 2.51. The number of rotatable bonds is 8. The lowest BCUT2D eigenvalue weighted by Crippen LogP contribution is -2.04. The van der Waals surface area contributed by atoms with Gasteiger partial charge in [-0.3, -0.25) is 0 Å². The summed E-state index contributed by atoms with van der Waals surface area (Å²) in [6.45, 7) is 6.04. The van der Waals surface area contributed by atoms with Gasteiger partial charge in [-0.25, -0.2) is 0 Å². The molecule has 0 aromatic rings. The van der Waals surface area contributed by atoms with Gasteiger partial charge in [0.05, 0.1) is 12.7 Å². The molecule has 2 nitrogen and oxygen atoms in total. The molecule has 0 aliphatic carbocycles. The quantitative estimate of drug-likeness (QED) is 0.429. The molecule has 1 heterocycles. The Kier molecular flexibility index (Phi) is 5.40. The highest BCUT2D eigenvalue weighted by molar-refractivity contribution is 4.79. The standard InChI is InChI=1S/C11H22O2/c1-3-4-5-6-7-8-12-9-11-10(2)13-11/h10-11H,3-9H2,1-2H3. The minimum Gasteiger partial charge on any atom is -0.379 e. The van der Waals surface area contributed by atoms with E-state index in [1.807, 2.05) is 0 Å². The van der Waals surface area contributed by atoms with E-state index in [-0.39, 0.29) is 0 Å². The Bertz CT molecular complexity index is 125. The monoisotopic (exact) mass is 186 g/mol. The zero-order chi connectivity index (χ0) is 9.52. The Morgan fingerprint density at radius 1 is 1.15 bits per heavy atom. The van der Waals surface area contributed by atoms with Crippen molar-refractivity contribution in [3.8, 4) is 0 Å². The van der Waals surface area contributed by atoms with Crippen LogP contribution in [0.5, 0.6) is 0 Å². The molecule has 2 heteroatoms. The van der Waals surface area contributed by atoms with E-state index in [9.17, 15) is 0 Å². The highest BCUT2D eigenvalue weighted by Crippen LogP contribution is 2.20. The fraction of sp³-hybridized carbons (Fsp3) is 1.00. The molecule has 1 saturated heterocycles. The summed E-state index contributed by atoms with van der Waals surface area (Å²) in [5.74, 6) is 0. The second kappa shape index (κ2) is 6.39.